The predicted molar refractivity (Wildman–Crippen MR) is 123 cm³/mol. The molecule has 0 aliphatic rings. The summed E-state index contributed by atoms with van der Waals surface area (Å²) in [6, 6.07) is 0. The van der Waals surface area contributed by atoms with Gasteiger partial charge < -0.3 is 0 Å². The van der Waals surface area contributed by atoms with E-state index in [9.17, 15) is 14.4 Å². The van der Waals surface area contributed by atoms with E-state index in [1.54, 1.807) is 36.5 Å². The summed E-state index contributed by atoms with van der Waals surface area (Å²) in [7, 11) is 0. The van der Waals surface area contributed by atoms with Gasteiger partial charge in [-0.3, -0.25) is 0 Å². The van der Waals surface area contributed by atoms with Gasteiger partial charge in [0, 0.05) is 0 Å². The molecule has 170 valence electrons. The van der Waals surface area contributed by atoms with Crippen LogP contribution in [0.5, 0.6) is 0 Å². The molecule has 0 unspecified atom stereocenters. The van der Waals surface area contributed by atoms with Gasteiger partial charge in [0.05, 0.1) is 0 Å². The molecule has 6 nitrogen and oxygen atoms in total. The van der Waals surface area contributed by atoms with Crippen molar-refractivity contribution in [3.8, 4) is 0 Å². The molecule has 0 saturated carbocycles. The molecule has 0 rings (SSSR count). The number of rotatable bonds is 18. The standard InChI is InChI=1S/3C8H12O2.Bi/c3*1-3-5-7(6-4-2)8(9)10;/h3*3-4,7H,1-2,5-6H2,(H,9,10);/q;;;+3/p-3. The molecular weight excluding hydrogens is 593 g/mol. The molecule has 0 atom stereocenters. The normalized spacial score (nSPS) is 10.5. The fourth-order valence-corrected chi connectivity index (χ4v) is 6.46. The second-order valence-corrected chi connectivity index (χ2v) is 10.6. The van der Waals surface area contributed by atoms with Gasteiger partial charge in [-0.2, -0.15) is 0 Å². The van der Waals surface area contributed by atoms with Crippen LogP contribution in [0.2, 0.25) is 0 Å². The van der Waals surface area contributed by atoms with Gasteiger partial charge in [0.15, 0.2) is 0 Å². The Balaban J connectivity index is 5.58. The Bertz CT molecular complexity index is 549. The molecule has 0 aliphatic carbocycles. The van der Waals surface area contributed by atoms with Crippen molar-refractivity contribution >= 4 is 41.0 Å². The molecule has 0 aliphatic heterocycles. The average molecular weight is 627 g/mol. The quantitative estimate of drug-likeness (QED) is 0.159. The second kappa shape index (κ2) is 17.4. The summed E-state index contributed by atoms with van der Waals surface area (Å²) < 4.78 is 16.4. The number of hydrogen-bond donors (Lipinski definition) is 0. The van der Waals surface area contributed by atoms with Crippen molar-refractivity contribution in [2.45, 2.75) is 38.5 Å². The number of carbonyl (C=O) groups is 3. The van der Waals surface area contributed by atoms with E-state index in [1.807, 2.05) is 0 Å². The molecule has 0 aromatic rings. The molecule has 31 heavy (non-hydrogen) atoms. The fraction of sp³-hybridized carbons (Fsp3) is 0.375. The molecule has 0 fully saturated rings. The zero-order chi connectivity index (χ0) is 23.6. The van der Waals surface area contributed by atoms with E-state index < -0.39 is 58.7 Å². The molecule has 7 heteroatoms. The van der Waals surface area contributed by atoms with Crippen molar-refractivity contribution in [3.05, 3.63) is 75.9 Å². The van der Waals surface area contributed by atoms with Crippen LogP contribution in [-0.4, -0.2) is 41.0 Å². The van der Waals surface area contributed by atoms with E-state index in [0.29, 0.717) is 38.5 Å². The van der Waals surface area contributed by atoms with Gasteiger partial charge in [-0.25, -0.2) is 0 Å². The van der Waals surface area contributed by atoms with E-state index in [1.165, 1.54) is 0 Å². The predicted octanol–water partition coefficient (Wildman–Crippen LogP) is 4.91. The Morgan fingerprint density at radius 2 is 0.710 bits per heavy atom. The first kappa shape index (κ1) is 28.7. The summed E-state index contributed by atoms with van der Waals surface area (Å²) in [5.74, 6) is -3.44. The number of carbonyl (C=O) groups excluding carboxylic acids is 3. The van der Waals surface area contributed by atoms with Crippen LogP contribution in [0.4, 0.5) is 0 Å². The minimum absolute atomic E-state index is 0.357. The first-order valence-electron chi connectivity index (χ1n) is 9.99. The molecule has 0 aromatic heterocycles. The summed E-state index contributed by atoms with van der Waals surface area (Å²) in [5.41, 5.74) is 0. The van der Waals surface area contributed by atoms with E-state index in [-0.39, 0.29) is 0 Å². The Hall–Kier alpha value is -2.27. The molecule has 0 spiro atoms. The van der Waals surface area contributed by atoms with E-state index >= 15 is 0 Å². The van der Waals surface area contributed by atoms with Crippen molar-refractivity contribution in [2.75, 3.05) is 0 Å². The fourth-order valence-electron chi connectivity index (χ4n) is 2.57. The summed E-state index contributed by atoms with van der Waals surface area (Å²) in [6.07, 6.45) is 11.7. The Morgan fingerprint density at radius 1 is 0.516 bits per heavy atom. The van der Waals surface area contributed by atoms with Crippen LogP contribution < -0.4 is 0 Å². The third kappa shape index (κ3) is 11.6. The second-order valence-electron chi connectivity index (χ2n) is 6.69. The molecule has 0 saturated heterocycles. The van der Waals surface area contributed by atoms with Gasteiger partial charge in [0.2, 0.25) is 0 Å². The third-order valence-corrected chi connectivity index (χ3v) is 8.04. The van der Waals surface area contributed by atoms with E-state index in [4.69, 9.17) is 8.44 Å². The van der Waals surface area contributed by atoms with Crippen LogP contribution in [-0.2, 0) is 22.8 Å². The summed E-state index contributed by atoms with van der Waals surface area (Å²) in [6.45, 7) is 21.8. The topological polar surface area (TPSA) is 78.9 Å². The van der Waals surface area contributed by atoms with Gasteiger partial charge in [-0.1, -0.05) is 0 Å². The third-order valence-electron chi connectivity index (χ3n) is 4.20. The van der Waals surface area contributed by atoms with Gasteiger partial charge in [0.25, 0.3) is 0 Å². The van der Waals surface area contributed by atoms with Gasteiger partial charge in [-0.15, -0.1) is 0 Å². The number of hydrogen-bond acceptors (Lipinski definition) is 6. The molecular formula is C24H33BiO6. The van der Waals surface area contributed by atoms with Crippen LogP contribution in [0.1, 0.15) is 38.5 Å². The monoisotopic (exact) mass is 626 g/mol. The summed E-state index contributed by atoms with van der Waals surface area (Å²) >= 11 is -4.25. The van der Waals surface area contributed by atoms with Crippen LogP contribution in [0.15, 0.2) is 75.9 Å². The Morgan fingerprint density at radius 3 is 0.871 bits per heavy atom. The summed E-state index contributed by atoms with van der Waals surface area (Å²) in [4.78, 5) is 37.9. The first-order valence-corrected chi connectivity index (χ1v) is 14.2. The molecule has 0 heterocycles. The Labute approximate surface area is 195 Å². The molecule has 0 bridgehead atoms. The minimum atomic E-state index is -4.25. The van der Waals surface area contributed by atoms with Crippen molar-refractivity contribution in [2.24, 2.45) is 17.8 Å². The molecule has 0 radical (unpaired) electrons. The SMILES string of the molecule is C=CCC(CC=C)C(=O)[O][Bi]([O]C(=O)C(CC=C)CC=C)[O]C(=O)C(CC=C)CC=C. The van der Waals surface area contributed by atoms with Crippen LogP contribution in [0.3, 0.4) is 0 Å². The van der Waals surface area contributed by atoms with Crippen molar-refractivity contribution in [3.63, 3.8) is 0 Å². The summed E-state index contributed by atoms with van der Waals surface area (Å²) in [5, 5.41) is 0. The van der Waals surface area contributed by atoms with Gasteiger partial charge in [0.1, 0.15) is 0 Å². The van der Waals surface area contributed by atoms with Gasteiger partial charge in [-0.05, 0) is 0 Å². The van der Waals surface area contributed by atoms with E-state index in [2.05, 4.69) is 39.5 Å². The first-order chi connectivity index (χ1) is 14.9. The zero-order valence-electron chi connectivity index (χ0n) is 18.1. The van der Waals surface area contributed by atoms with E-state index in [0.717, 1.165) is 0 Å². The number of allylic oxidation sites excluding steroid dienone is 6. The van der Waals surface area contributed by atoms with Crippen molar-refractivity contribution < 1.29 is 22.8 Å². The average Bonchev–Trinajstić information content (AvgIpc) is 2.73. The Kier molecular flexibility index (Phi) is 16.1. The molecule has 0 aromatic carbocycles. The maximum absolute atomic E-state index is 12.6. The van der Waals surface area contributed by atoms with Crippen molar-refractivity contribution in [1.29, 1.82) is 0 Å². The van der Waals surface area contributed by atoms with Crippen LogP contribution >= 0.6 is 0 Å². The van der Waals surface area contributed by atoms with Crippen LogP contribution in [0, 0.1) is 17.8 Å². The molecule has 0 N–H and O–H groups in total. The maximum atomic E-state index is 12.6. The van der Waals surface area contributed by atoms with Crippen molar-refractivity contribution in [1.82, 2.24) is 0 Å². The van der Waals surface area contributed by atoms with Crippen LogP contribution in [0.25, 0.3) is 0 Å². The molecule has 0 amide bonds. The van der Waals surface area contributed by atoms with Gasteiger partial charge >= 0.3 is 196 Å². The zero-order valence-corrected chi connectivity index (χ0v) is 21.6.